The van der Waals surface area contributed by atoms with Gasteiger partial charge >= 0.3 is 0 Å². The van der Waals surface area contributed by atoms with Crippen LogP contribution in [0.25, 0.3) is 0 Å². The molecule has 0 spiro atoms. The molecule has 1 saturated heterocycles. The molecular formula is C16H21N5O2S. The second-order valence-corrected chi connectivity index (χ2v) is 6.31. The molecule has 1 amide bonds. The van der Waals surface area contributed by atoms with Crippen molar-refractivity contribution < 1.29 is 9.53 Å². The average Bonchev–Trinajstić information content (AvgIpc) is 3.12. The van der Waals surface area contributed by atoms with Crippen LogP contribution in [0.4, 0.5) is 5.13 Å². The number of amides is 1. The van der Waals surface area contributed by atoms with E-state index in [1.807, 2.05) is 12.1 Å². The molecule has 0 radical (unpaired) electrons. The third-order valence-corrected chi connectivity index (χ3v) is 4.78. The fraction of sp³-hybridized carbons (Fsp3) is 0.438. The van der Waals surface area contributed by atoms with Crippen molar-refractivity contribution in [2.45, 2.75) is 12.5 Å². The number of carbonyl (C=O) groups excluding carboxylic acids is 1. The molecule has 1 fully saturated rings. The van der Waals surface area contributed by atoms with Crippen molar-refractivity contribution in [3.05, 3.63) is 35.6 Å². The fourth-order valence-corrected chi connectivity index (χ4v) is 3.55. The molecular weight excluding hydrogens is 326 g/mol. The van der Waals surface area contributed by atoms with Crippen LogP contribution < -0.4 is 20.3 Å². The summed E-state index contributed by atoms with van der Waals surface area (Å²) in [5.41, 5.74) is 0.474. The van der Waals surface area contributed by atoms with Gasteiger partial charge in [-0.05, 0) is 12.1 Å². The molecule has 2 N–H and O–H groups in total. The number of nitrogens with one attached hydrogen (secondary N) is 2. The van der Waals surface area contributed by atoms with E-state index in [0.29, 0.717) is 18.3 Å². The zero-order valence-corrected chi connectivity index (χ0v) is 14.4. The highest BCUT2D eigenvalue weighted by atomic mass is 32.1. The van der Waals surface area contributed by atoms with Crippen molar-refractivity contribution >= 4 is 22.4 Å². The van der Waals surface area contributed by atoms with Crippen molar-refractivity contribution in [2.75, 3.05) is 38.2 Å². The summed E-state index contributed by atoms with van der Waals surface area (Å²) in [6.45, 7) is 3.28. The summed E-state index contributed by atoms with van der Waals surface area (Å²) in [5.74, 6) is 0.632. The Labute approximate surface area is 145 Å². The van der Waals surface area contributed by atoms with Crippen molar-refractivity contribution in [3.8, 4) is 5.75 Å². The molecule has 0 aliphatic carbocycles. The molecule has 0 saturated carbocycles. The summed E-state index contributed by atoms with van der Waals surface area (Å²) < 4.78 is 5.76. The summed E-state index contributed by atoms with van der Waals surface area (Å²) in [6.07, 6.45) is 4.32. The lowest BCUT2D eigenvalue weighted by Crippen LogP contribution is -2.52. The van der Waals surface area contributed by atoms with Gasteiger partial charge in [0.1, 0.15) is 11.4 Å². The van der Waals surface area contributed by atoms with Crippen LogP contribution in [0, 0.1) is 0 Å². The minimum atomic E-state index is -0.149. The lowest BCUT2D eigenvalue weighted by Gasteiger charge is -2.36. The second kappa shape index (κ2) is 8.07. The molecule has 0 aromatic carbocycles. The lowest BCUT2D eigenvalue weighted by molar-refractivity contribution is 0.0959. The van der Waals surface area contributed by atoms with E-state index in [-0.39, 0.29) is 5.91 Å². The number of piperazine rings is 1. The predicted molar refractivity (Wildman–Crippen MR) is 93.9 cm³/mol. The van der Waals surface area contributed by atoms with Crippen LogP contribution in [0.15, 0.2) is 29.9 Å². The van der Waals surface area contributed by atoms with Gasteiger partial charge < -0.3 is 20.3 Å². The zero-order chi connectivity index (χ0) is 16.8. The number of nitrogens with zero attached hydrogens (tertiary/aromatic N) is 3. The number of rotatable bonds is 6. The van der Waals surface area contributed by atoms with E-state index >= 15 is 0 Å². The maximum absolute atomic E-state index is 11.7. The number of carbonyl (C=O) groups is 1. The molecule has 1 unspecified atom stereocenters. The maximum Gasteiger partial charge on any atom is 0.270 e. The Kier molecular flexibility index (Phi) is 5.60. The van der Waals surface area contributed by atoms with E-state index in [1.165, 1.54) is 11.3 Å². The molecule has 8 heteroatoms. The Balaban J connectivity index is 1.60. The van der Waals surface area contributed by atoms with Crippen LogP contribution in [0.5, 0.6) is 5.75 Å². The van der Waals surface area contributed by atoms with Gasteiger partial charge in [0.05, 0.1) is 12.8 Å². The molecule has 24 heavy (non-hydrogen) atoms. The molecule has 2 aromatic rings. The molecule has 1 aliphatic rings. The van der Waals surface area contributed by atoms with E-state index in [9.17, 15) is 4.79 Å². The summed E-state index contributed by atoms with van der Waals surface area (Å²) in [6, 6.07) is 4.05. The van der Waals surface area contributed by atoms with Crippen LogP contribution in [-0.4, -0.2) is 55.2 Å². The first-order valence-electron chi connectivity index (χ1n) is 7.95. The van der Waals surface area contributed by atoms with Gasteiger partial charge in [0, 0.05) is 50.7 Å². The Bertz CT molecular complexity index is 663. The van der Waals surface area contributed by atoms with Crippen molar-refractivity contribution in [1.29, 1.82) is 0 Å². The predicted octanol–water partition coefficient (Wildman–Crippen LogP) is 1.14. The minimum Gasteiger partial charge on any atom is -0.492 e. The van der Waals surface area contributed by atoms with E-state index in [4.69, 9.17) is 4.74 Å². The van der Waals surface area contributed by atoms with E-state index in [2.05, 4.69) is 25.5 Å². The smallest absolute Gasteiger partial charge is 0.270 e. The third-order valence-electron chi connectivity index (χ3n) is 3.90. The molecule has 7 nitrogen and oxygen atoms in total. The SMILES string of the molecule is CNC(=O)c1csc(N2CCNCC2CCOc2cccnc2)n1. The Morgan fingerprint density at radius 1 is 1.58 bits per heavy atom. The van der Waals surface area contributed by atoms with E-state index < -0.39 is 0 Å². The van der Waals surface area contributed by atoms with Gasteiger partial charge in [-0.25, -0.2) is 4.98 Å². The Morgan fingerprint density at radius 3 is 3.29 bits per heavy atom. The summed E-state index contributed by atoms with van der Waals surface area (Å²) in [7, 11) is 1.62. The van der Waals surface area contributed by atoms with Crippen molar-refractivity contribution in [1.82, 2.24) is 20.6 Å². The van der Waals surface area contributed by atoms with Crippen LogP contribution in [0.1, 0.15) is 16.9 Å². The Morgan fingerprint density at radius 2 is 2.50 bits per heavy atom. The largest absolute Gasteiger partial charge is 0.492 e. The van der Waals surface area contributed by atoms with E-state index in [1.54, 1.807) is 24.8 Å². The van der Waals surface area contributed by atoms with Crippen LogP contribution in [0.2, 0.25) is 0 Å². The highest BCUT2D eigenvalue weighted by molar-refractivity contribution is 7.13. The zero-order valence-electron chi connectivity index (χ0n) is 13.6. The molecule has 1 atom stereocenters. The first-order chi connectivity index (χ1) is 11.8. The highest BCUT2D eigenvalue weighted by Gasteiger charge is 2.25. The highest BCUT2D eigenvalue weighted by Crippen LogP contribution is 2.24. The van der Waals surface area contributed by atoms with Crippen LogP contribution >= 0.6 is 11.3 Å². The second-order valence-electron chi connectivity index (χ2n) is 5.47. The van der Waals surface area contributed by atoms with Crippen molar-refractivity contribution in [3.63, 3.8) is 0 Å². The Hall–Kier alpha value is -2.19. The topological polar surface area (TPSA) is 79.4 Å². The quantitative estimate of drug-likeness (QED) is 0.816. The number of pyridine rings is 1. The number of aromatic nitrogens is 2. The van der Waals surface area contributed by atoms with Gasteiger partial charge in [0.2, 0.25) is 0 Å². The van der Waals surface area contributed by atoms with Crippen molar-refractivity contribution in [2.24, 2.45) is 0 Å². The van der Waals surface area contributed by atoms with Gasteiger partial charge in [-0.15, -0.1) is 11.3 Å². The summed E-state index contributed by atoms with van der Waals surface area (Å²) in [5, 5.41) is 8.72. The number of hydrogen-bond acceptors (Lipinski definition) is 7. The van der Waals surface area contributed by atoms with E-state index in [0.717, 1.165) is 36.9 Å². The molecule has 3 heterocycles. The van der Waals surface area contributed by atoms with Gasteiger partial charge in [-0.3, -0.25) is 9.78 Å². The molecule has 128 valence electrons. The standard InChI is InChI=1S/C16H21N5O2S/c1-17-15(22)14-11-24-16(20-14)21-7-6-19-9-12(21)4-8-23-13-3-2-5-18-10-13/h2-3,5,10-12,19H,4,6-9H2,1H3,(H,17,22). The molecule has 1 aliphatic heterocycles. The third kappa shape index (κ3) is 4.01. The first-order valence-corrected chi connectivity index (χ1v) is 8.83. The first kappa shape index (κ1) is 16.7. The van der Waals surface area contributed by atoms with Gasteiger partial charge in [0.25, 0.3) is 5.91 Å². The molecule has 0 bridgehead atoms. The van der Waals surface area contributed by atoms with Gasteiger partial charge in [0.15, 0.2) is 5.13 Å². The summed E-state index contributed by atoms with van der Waals surface area (Å²) >= 11 is 1.51. The molecule has 3 rings (SSSR count). The number of thiazole rings is 1. The fourth-order valence-electron chi connectivity index (χ4n) is 2.64. The lowest BCUT2D eigenvalue weighted by atomic mass is 10.1. The monoisotopic (exact) mass is 347 g/mol. The van der Waals surface area contributed by atoms with Gasteiger partial charge in [-0.1, -0.05) is 0 Å². The normalized spacial score (nSPS) is 17.5. The average molecular weight is 347 g/mol. The maximum atomic E-state index is 11.7. The minimum absolute atomic E-state index is 0.149. The number of anilines is 1. The van der Waals surface area contributed by atoms with Gasteiger partial charge in [-0.2, -0.15) is 0 Å². The summed E-state index contributed by atoms with van der Waals surface area (Å²) in [4.78, 5) is 22.5. The molecule has 2 aromatic heterocycles. The van der Waals surface area contributed by atoms with Crippen LogP contribution in [0.3, 0.4) is 0 Å². The number of ether oxygens (including phenoxy) is 1. The number of hydrogen-bond donors (Lipinski definition) is 2. The van der Waals surface area contributed by atoms with Crippen LogP contribution in [-0.2, 0) is 0 Å².